The molecule has 1 aliphatic heterocycles. The summed E-state index contributed by atoms with van der Waals surface area (Å²) in [6.07, 6.45) is 3.52. The Morgan fingerprint density at radius 3 is 2.75 bits per heavy atom. The number of aliphatic hydroxyl groups is 1. The molecule has 1 fully saturated rings. The van der Waals surface area contributed by atoms with Crippen LogP contribution >= 0.6 is 0 Å². The van der Waals surface area contributed by atoms with E-state index in [1.807, 2.05) is 30.3 Å². The molecule has 1 N–H and O–H groups in total. The Morgan fingerprint density at radius 2 is 2.06 bits per heavy atom. The van der Waals surface area contributed by atoms with Gasteiger partial charge in [-0.05, 0) is 31.9 Å². The van der Waals surface area contributed by atoms with Crippen LogP contribution in [0.5, 0.6) is 0 Å². The second kappa shape index (κ2) is 5.46. The van der Waals surface area contributed by atoms with Gasteiger partial charge in [0.2, 0.25) is 0 Å². The lowest BCUT2D eigenvalue weighted by Crippen LogP contribution is -2.40. The highest BCUT2D eigenvalue weighted by molar-refractivity contribution is 5.17. The van der Waals surface area contributed by atoms with Crippen molar-refractivity contribution in [3.8, 4) is 0 Å². The van der Waals surface area contributed by atoms with E-state index in [4.69, 9.17) is 0 Å². The van der Waals surface area contributed by atoms with Gasteiger partial charge in [0.05, 0.1) is 6.10 Å². The van der Waals surface area contributed by atoms with Gasteiger partial charge in [0.15, 0.2) is 0 Å². The van der Waals surface area contributed by atoms with Gasteiger partial charge in [-0.2, -0.15) is 0 Å². The van der Waals surface area contributed by atoms with Crippen LogP contribution in [0.4, 0.5) is 0 Å². The molecule has 1 saturated heterocycles. The van der Waals surface area contributed by atoms with E-state index in [9.17, 15) is 5.11 Å². The van der Waals surface area contributed by atoms with Crippen molar-refractivity contribution in [1.82, 2.24) is 4.90 Å². The van der Waals surface area contributed by atoms with Gasteiger partial charge in [-0.1, -0.05) is 36.8 Å². The number of β-amino-alcohol motifs (C(OH)–C–C–N with tert-alkyl or cyclic N) is 1. The molecule has 1 aliphatic rings. The summed E-state index contributed by atoms with van der Waals surface area (Å²) in [5.74, 6) is 0. The first-order chi connectivity index (χ1) is 7.77. The first kappa shape index (κ1) is 11.6. The molecule has 1 aromatic rings. The van der Waals surface area contributed by atoms with E-state index >= 15 is 0 Å². The fourth-order valence-corrected chi connectivity index (χ4v) is 2.43. The fourth-order valence-electron chi connectivity index (χ4n) is 2.43. The van der Waals surface area contributed by atoms with E-state index < -0.39 is 0 Å². The molecular formula is C14H21NO. The zero-order valence-corrected chi connectivity index (χ0v) is 9.97. The molecule has 1 heterocycles. The van der Waals surface area contributed by atoms with Gasteiger partial charge in [0, 0.05) is 12.6 Å². The largest absolute Gasteiger partial charge is 0.387 e. The van der Waals surface area contributed by atoms with Crippen molar-refractivity contribution in [3.63, 3.8) is 0 Å². The maximum Gasteiger partial charge on any atom is 0.0917 e. The monoisotopic (exact) mass is 219 g/mol. The number of aliphatic hydroxyl groups excluding tert-OH is 1. The van der Waals surface area contributed by atoms with Crippen LogP contribution in [0.2, 0.25) is 0 Å². The van der Waals surface area contributed by atoms with E-state index in [0.717, 1.165) is 18.7 Å². The van der Waals surface area contributed by atoms with E-state index in [2.05, 4.69) is 11.8 Å². The molecule has 0 saturated carbocycles. The molecule has 1 aromatic carbocycles. The molecule has 0 radical (unpaired) electrons. The summed E-state index contributed by atoms with van der Waals surface area (Å²) in [6.45, 7) is 4.16. The summed E-state index contributed by atoms with van der Waals surface area (Å²) in [4.78, 5) is 2.40. The normalized spacial score (nSPS) is 24.2. The van der Waals surface area contributed by atoms with Crippen LogP contribution in [-0.2, 0) is 0 Å². The van der Waals surface area contributed by atoms with Crippen LogP contribution in [-0.4, -0.2) is 29.1 Å². The first-order valence-corrected chi connectivity index (χ1v) is 6.24. The number of likely N-dealkylation sites (tertiary alicyclic amines) is 1. The maximum atomic E-state index is 10.1. The second-order valence-electron chi connectivity index (χ2n) is 4.77. The Morgan fingerprint density at radius 1 is 1.31 bits per heavy atom. The summed E-state index contributed by atoms with van der Waals surface area (Å²) in [5.41, 5.74) is 1.03. The lowest BCUT2D eigenvalue weighted by molar-refractivity contribution is 0.0732. The summed E-state index contributed by atoms with van der Waals surface area (Å²) in [5, 5.41) is 10.1. The summed E-state index contributed by atoms with van der Waals surface area (Å²) in [6, 6.07) is 10.6. The van der Waals surface area contributed by atoms with Crippen LogP contribution in [0.3, 0.4) is 0 Å². The van der Waals surface area contributed by atoms with Gasteiger partial charge in [0.25, 0.3) is 0 Å². The third-order valence-electron chi connectivity index (χ3n) is 3.53. The molecule has 0 aromatic heterocycles. The van der Waals surface area contributed by atoms with E-state index in [1.54, 1.807) is 0 Å². The molecule has 16 heavy (non-hydrogen) atoms. The van der Waals surface area contributed by atoms with Gasteiger partial charge >= 0.3 is 0 Å². The molecule has 2 rings (SSSR count). The summed E-state index contributed by atoms with van der Waals surface area (Å²) < 4.78 is 0. The van der Waals surface area contributed by atoms with Crippen molar-refractivity contribution in [1.29, 1.82) is 0 Å². The lowest BCUT2D eigenvalue weighted by Gasteiger charge is -2.34. The zero-order valence-electron chi connectivity index (χ0n) is 9.97. The number of benzene rings is 1. The number of hydrogen-bond donors (Lipinski definition) is 1. The Bertz CT molecular complexity index is 312. The first-order valence-electron chi connectivity index (χ1n) is 6.24. The summed E-state index contributed by atoms with van der Waals surface area (Å²) in [7, 11) is 0. The van der Waals surface area contributed by atoms with Gasteiger partial charge in [-0.3, -0.25) is 4.90 Å². The van der Waals surface area contributed by atoms with Crippen molar-refractivity contribution in [3.05, 3.63) is 35.9 Å². The Labute approximate surface area is 97.9 Å². The quantitative estimate of drug-likeness (QED) is 0.844. The van der Waals surface area contributed by atoms with Crippen LogP contribution in [0.15, 0.2) is 30.3 Å². The molecule has 2 nitrogen and oxygen atoms in total. The minimum absolute atomic E-state index is 0.346. The van der Waals surface area contributed by atoms with Gasteiger partial charge in [0.1, 0.15) is 0 Å². The lowest BCUT2D eigenvalue weighted by atomic mass is 10.0. The van der Waals surface area contributed by atoms with Crippen molar-refractivity contribution in [2.75, 3.05) is 13.1 Å². The highest BCUT2D eigenvalue weighted by Gasteiger charge is 2.21. The third kappa shape index (κ3) is 2.83. The van der Waals surface area contributed by atoms with Gasteiger partial charge < -0.3 is 5.11 Å². The standard InChI is InChI=1S/C14H21NO/c1-12-7-5-6-10-15(12)11-14(16)13-8-3-2-4-9-13/h2-4,8-9,12,14,16H,5-7,10-11H2,1H3. The molecule has 0 amide bonds. The van der Waals surface area contributed by atoms with E-state index in [1.165, 1.54) is 19.3 Å². The smallest absolute Gasteiger partial charge is 0.0917 e. The zero-order chi connectivity index (χ0) is 11.4. The van der Waals surface area contributed by atoms with Crippen LogP contribution in [0, 0.1) is 0 Å². The maximum absolute atomic E-state index is 10.1. The predicted molar refractivity (Wildman–Crippen MR) is 66.3 cm³/mol. The van der Waals surface area contributed by atoms with Crippen molar-refractivity contribution < 1.29 is 5.11 Å². The van der Waals surface area contributed by atoms with Gasteiger partial charge in [-0.25, -0.2) is 0 Å². The predicted octanol–water partition coefficient (Wildman–Crippen LogP) is 2.59. The minimum Gasteiger partial charge on any atom is -0.387 e. The third-order valence-corrected chi connectivity index (χ3v) is 3.53. The van der Waals surface area contributed by atoms with Crippen LogP contribution in [0.25, 0.3) is 0 Å². The average molecular weight is 219 g/mol. The van der Waals surface area contributed by atoms with E-state index in [0.29, 0.717) is 6.04 Å². The molecule has 0 bridgehead atoms. The highest BCUT2D eigenvalue weighted by atomic mass is 16.3. The number of piperidine rings is 1. The van der Waals surface area contributed by atoms with E-state index in [-0.39, 0.29) is 6.10 Å². The average Bonchev–Trinajstić information content (AvgIpc) is 2.33. The highest BCUT2D eigenvalue weighted by Crippen LogP contribution is 2.20. The number of hydrogen-bond acceptors (Lipinski definition) is 2. The molecule has 0 spiro atoms. The van der Waals surface area contributed by atoms with Crippen molar-refractivity contribution in [2.24, 2.45) is 0 Å². The minimum atomic E-state index is -0.346. The molecule has 88 valence electrons. The topological polar surface area (TPSA) is 23.5 Å². The molecule has 2 atom stereocenters. The second-order valence-corrected chi connectivity index (χ2v) is 4.77. The summed E-state index contributed by atoms with van der Waals surface area (Å²) >= 11 is 0. The SMILES string of the molecule is CC1CCCCN1CC(O)c1ccccc1. The Balaban J connectivity index is 1.94. The molecule has 0 aliphatic carbocycles. The molecular weight excluding hydrogens is 198 g/mol. The van der Waals surface area contributed by atoms with Crippen molar-refractivity contribution in [2.45, 2.75) is 38.3 Å². The number of nitrogens with zero attached hydrogens (tertiary/aromatic N) is 1. The Kier molecular flexibility index (Phi) is 3.97. The van der Waals surface area contributed by atoms with Crippen LogP contribution < -0.4 is 0 Å². The van der Waals surface area contributed by atoms with Gasteiger partial charge in [-0.15, -0.1) is 0 Å². The number of rotatable bonds is 3. The van der Waals surface area contributed by atoms with Crippen molar-refractivity contribution >= 4 is 0 Å². The molecule has 2 heteroatoms. The Hall–Kier alpha value is -0.860. The molecule has 2 unspecified atom stereocenters. The van der Waals surface area contributed by atoms with Crippen LogP contribution in [0.1, 0.15) is 37.9 Å². The fraction of sp³-hybridized carbons (Fsp3) is 0.571.